The highest BCUT2D eigenvalue weighted by Crippen LogP contribution is 2.33. The highest BCUT2D eigenvalue weighted by atomic mass is 32.1. The van der Waals surface area contributed by atoms with E-state index in [4.69, 9.17) is 4.74 Å². The third kappa shape index (κ3) is 1.64. The third-order valence-electron chi connectivity index (χ3n) is 2.62. The largest absolute Gasteiger partial charge is 0.371 e. The Hall–Kier alpha value is -1.27. The molecule has 3 rings (SSSR count). The van der Waals surface area contributed by atoms with Gasteiger partial charge in [0.1, 0.15) is 22.5 Å². The van der Waals surface area contributed by atoms with Crippen LogP contribution in [0.1, 0.15) is 29.6 Å². The smallest absolute Gasteiger partial charge is 0.157 e. The second-order valence-corrected chi connectivity index (χ2v) is 4.66. The predicted molar refractivity (Wildman–Crippen MR) is 58.1 cm³/mol. The highest BCUT2D eigenvalue weighted by Gasteiger charge is 2.22. The molecule has 0 saturated carbocycles. The number of nitrogens with zero attached hydrogens (tertiary/aromatic N) is 3. The summed E-state index contributed by atoms with van der Waals surface area (Å²) in [4.78, 5) is 4.53. The molecule has 2 aromatic heterocycles. The van der Waals surface area contributed by atoms with Crippen molar-refractivity contribution in [2.45, 2.75) is 25.9 Å². The number of thiazole rings is 1. The second kappa shape index (κ2) is 3.95. The van der Waals surface area contributed by atoms with Crippen LogP contribution in [-0.4, -0.2) is 21.9 Å². The van der Waals surface area contributed by atoms with Crippen molar-refractivity contribution in [3.05, 3.63) is 16.1 Å². The molecule has 1 atom stereocenters. The molecule has 1 aliphatic rings. The van der Waals surface area contributed by atoms with E-state index in [1.807, 2.05) is 12.3 Å². The van der Waals surface area contributed by atoms with Gasteiger partial charge in [0.05, 0.1) is 0 Å². The van der Waals surface area contributed by atoms with Crippen LogP contribution in [0.3, 0.4) is 0 Å². The molecule has 84 valence electrons. The summed E-state index contributed by atoms with van der Waals surface area (Å²) in [6.07, 6.45) is 2.34. The summed E-state index contributed by atoms with van der Waals surface area (Å²) in [6.45, 7) is 2.70. The molecule has 0 bridgehead atoms. The molecular weight excluding hydrogens is 226 g/mol. The normalized spacial score (nSPS) is 20.4. The molecule has 0 amide bonds. The van der Waals surface area contributed by atoms with Gasteiger partial charge in [-0.25, -0.2) is 9.61 Å². The van der Waals surface area contributed by atoms with E-state index < -0.39 is 0 Å². The van der Waals surface area contributed by atoms with Gasteiger partial charge in [-0.2, -0.15) is 0 Å². The van der Waals surface area contributed by atoms with Crippen LogP contribution in [0.4, 0.5) is 0 Å². The van der Waals surface area contributed by atoms with Crippen molar-refractivity contribution in [2.75, 3.05) is 6.61 Å². The van der Waals surface area contributed by atoms with Crippen LogP contribution in [0, 0.1) is 6.92 Å². The van der Waals surface area contributed by atoms with E-state index >= 15 is 0 Å². The minimum Gasteiger partial charge on any atom is -0.371 e. The van der Waals surface area contributed by atoms with Crippen LogP contribution in [0.5, 0.6) is 0 Å². The third-order valence-corrected chi connectivity index (χ3v) is 3.56. The van der Waals surface area contributed by atoms with Crippen molar-refractivity contribution in [2.24, 2.45) is 0 Å². The minimum absolute atomic E-state index is 0.166. The highest BCUT2D eigenvalue weighted by molar-refractivity contribution is 7.10. The number of ether oxygens (including phenoxy) is 1. The van der Waals surface area contributed by atoms with Crippen molar-refractivity contribution < 1.29 is 9.37 Å². The Kier molecular flexibility index (Phi) is 2.45. The van der Waals surface area contributed by atoms with Crippen LogP contribution in [0.15, 0.2) is 10.0 Å². The molecule has 0 radical (unpaired) electrons. The quantitative estimate of drug-likeness (QED) is 0.802. The van der Waals surface area contributed by atoms with Gasteiger partial charge in [-0.3, -0.25) is 0 Å². The fourth-order valence-electron chi connectivity index (χ4n) is 1.78. The SMILES string of the molecule is Cc1nonc1-c1csc(C2CCCO2)n1. The van der Waals surface area contributed by atoms with Crippen LogP contribution in [-0.2, 0) is 4.74 Å². The summed E-state index contributed by atoms with van der Waals surface area (Å²) in [5.74, 6) is 0. The van der Waals surface area contributed by atoms with Gasteiger partial charge in [-0.05, 0) is 24.9 Å². The van der Waals surface area contributed by atoms with E-state index in [-0.39, 0.29) is 6.10 Å². The summed E-state index contributed by atoms with van der Waals surface area (Å²) < 4.78 is 10.3. The molecule has 6 heteroatoms. The van der Waals surface area contributed by atoms with Crippen molar-refractivity contribution in [3.63, 3.8) is 0 Å². The molecule has 0 aliphatic carbocycles. The summed E-state index contributed by atoms with van der Waals surface area (Å²) in [5, 5.41) is 10.6. The second-order valence-electron chi connectivity index (χ2n) is 3.77. The zero-order chi connectivity index (χ0) is 11.0. The van der Waals surface area contributed by atoms with Crippen LogP contribution >= 0.6 is 11.3 Å². The zero-order valence-corrected chi connectivity index (χ0v) is 9.66. The Morgan fingerprint density at radius 3 is 3.06 bits per heavy atom. The lowest BCUT2D eigenvalue weighted by Gasteiger charge is -2.03. The van der Waals surface area contributed by atoms with Gasteiger partial charge in [0.2, 0.25) is 0 Å². The molecule has 16 heavy (non-hydrogen) atoms. The fourth-order valence-corrected chi connectivity index (χ4v) is 2.67. The van der Waals surface area contributed by atoms with Crippen molar-refractivity contribution in [1.29, 1.82) is 0 Å². The lowest BCUT2D eigenvalue weighted by Crippen LogP contribution is -1.94. The molecule has 0 N–H and O–H groups in total. The lowest BCUT2D eigenvalue weighted by atomic mass is 10.2. The van der Waals surface area contributed by atoms with Crippen LogP contribution < -0.4 is 0 Å². The van der Waals surface area contributed by atoms with Gasteiger partial charge in [0, 0.05) is 12.0 Å². The van der Waals surface area contributed by atoms with Crippen molar-refractivity contribution in [3.8, 4) is 11.4 Å². The maximum absolute atomic E-state index is 5.59. The first-order valence-corrected chi connectivity index (χ1v) is 6.09. The summed E-state index contributed by atoms with van der Waals surface area (Å²) in [5.41, 5.74) is 2.32. The van der Waals surface area contributed by atoms with E-state index in [0.29, 0.717) is 0 Å². The monoisotopic (exact) mass is 237 g/mol. The molecule has 0 aromatic carbocycles. The zero-order valence-electron chi connectivity index (χ0n) is 8.84. The molecule has 1 fully saturated rings. The van der Waals surface area contributed by atoms with Crippen molar-refractivity contribution >= 4 is 11.3 Å². The summed E-state index contributed by atoms with van der Waals surface area (Å²) in [7, 11) is 0. The van der Waals surface area contributed by atoms with Crippen LogP contribution in [0.25, 0.3) is 11.4 Å². The predicted octanol–water partition coefficient (Wildman–Crippen LogP) is 2.35. The van der Waals surface area contributed by atoms with E-state index in [1.54, 1.807) is 11.3 Å². The first-order valence-electron chi connectivity index (χ1n) is 5.21. The molecule has 3 heterocycles. The molecule has 1 saturated heterocycles. The van der Waals surface area contributed by atoms with Gasteiger partial charge in [-0.15, -0.1) is 11.3 Å². The molecule has 1 unspecified atom stereocenters. The summed E-state index contributed by atoms with van der Waals surface area (Å²) >= 11 is 1.61. The fraction of sp³-hybridized carbons (Fsp3) is 0.500. The van der Waals surface area contributed by atoms with E-state index in [0.717, 1.165) is 41.5 Å². The number of hydrogen-bond donors (Lipinski definition) is 0. The molecular formula is C10H11N3O2S. The van der Waals surface area contributed by atoms with Gasteiger partial charge in [0.25, 0.3) is 0 Å². The molecule has 1 aliphatic heterocycles. The average molecular weight is 237 g/mol. The standard InChI is InChI=1S/C10H11N3O2S/c1-6-9(13-15-12-6)7-5-16-10(11-7)8-3-2-4-14-8/h5,8H,2-4H2,1H3. The first-order chi connectivity index (χ1) is 7.84. The number of aryl methyl sites for hydroxylation is 1. The van der Waals surface area contributed by atoms with Gasteiger partial charge >= 0.3 is 0 Å². The lowest BCUT2D eigenvalue weighted by molar-refractivity contribution is 0.112. The van der Waals surface area contributed by atoms with E-state index in [9.17, 15) is 0 Å². The Bertz CT molecular complexity index is 488. The Balaban J connectivity index is 1.90. The first kappa shape index (κ1) is 9.92. The van der Waals surface area contributed by atoms with E-state index in [2.05, 4.69) is 19.9 Å². The van der Waals surface area contributed by atoms with Gasteiger partial charge < -0.3 is 4.74 Å². The minimum atomic E-state index is 0.166. The molecule has 2 aromatic rings. The molecule has 5 nitrogen and oxygen atoms in total. The molecule has 0 spiro atoms. The van der Waals surface area contributed by atoms with E-state index in [1.165, 1.54) is 0 Å². The number of aromatic nitrogens is 3. The van der Waals surface area contributed by atoms with Crippen LogP contribution in [0.2, 0.25) is 0 Å². The Morgan fingerprint density at radius 1 is 1.44 bits per heavy atom. The summed E-state index contributed by atoms with van der Waals surface area (Å²) in [6, 6.07) is 0. The maximum atomic E-state index is 5.59. The number of rotatable bonds is 2. The van der Waals surface area contributed by atoms with Crippen molar-refractivity contribution in [1.82, 2.24) is 15.3 Å². The Morgan fingerprint density at radius 2 is 2.38 bits per heavy atom. The average Bonchev–Trinajstić information content (AvgIpc) is 2.96. The Labute approximate surface area is 96.4 Å². The van der Waals surface area contributed by atoms with Gasteiger partial charge in [-0.1, -0.05) is 5.16 Å². The van der Waals surface area contributed by atoms with Gasteiger partial charge in [0.15, 0.2) is 5.69 Å². The maximum Gasteiger partial charge on any atom is 0.157 e. The topological polar surface area (TPSA) is 61.0 Å². The number of hydrogen-bond acceptors (Lipinski definition) is 6.